The third-order valence-electron chi connectivity index (χ3n) is 3.98. The Kier molecular flexibility index (Phi) is 10.7. The van der Waals surface area contributed by atoms with Gasteiger partial charge in [0.1, 0.15) is 23.1 Å². The predicted molar refractivity (Wildman–Crippen MR) is 119 cm³/mol. The quantitative estimate of drug-likeness (QED) is 0.282. The van der Waals surface area contributed by atoms with Crippen molar-refractivity contribution in [2.24, 2.45) is 4.99 Å². The Labute approximate surface area is 186 Å². The number of nitrogens with zero attached hydrogens (tertiary/aromatic N) is 1. The highest BCUT2D eigenvalue weighted by atomic mass is 127. The van der Waals surface area contributed by atoms with Crippen LogP contribution in [0.3, 0.4) is 0 Å². The minimum Gasteiger partial charge on any atom is -0.497 e. The van der Waals surface area contributed by atoms with Crippen LogP contribution in [-0.4, -0.2) is 38.4 Å². The molecule has 0 radical (unpaired) electrons. The first-order chi connectivity index (χ1) is 13.5. The van der Waals surface area contributed by atoms with E-state index in [0.29, 0.717) is 29.6 Å². The van der Waals surface area contributed by atoms with Crippen molar-refractivity contribution in [3.8, 4) is 11.5 Å². The van der Waals surface area contributed by atoms with Crippen molar-refractivity contribution in [2.45, 2.75) is 19.6 Å². The Morgan fingerprint density at radius 3 is 2.31 bits per heavy atom. The Balaban J connectivity index is 0.00000420. The van der Waals surface area contributed by atoms with E-state index in [-0.39, 0.29) is 42.6 Å². The lowest BCUT2D eigenvalue weighted by Crippen LogP contribution is -2.39. The lowest BCUT2D eigenvalue weighted by Gasteiger charge is -2.17. The molecule has 0 amide bonds. The third kappa shape index (κ3) is 7.65. The van der Waals surface area contributed by atoms with E-state index in [4.69, 9.17) is 9.47 Å². The van der Waals surface area contributed by atoms with Gasteiger partial charge in [-0.1, -0.05) is 0 Å². The summed E-state index contributed by atoms with van der Waals surface area (Å²) in [7, 11) is 3.06. The molecule has 0 aliphatic rings. The van der Waals surface area contributed by atoms with E-state index in [1.807, 2.05) is 6.92 Å². The van der Waals surface area contributed by atoms with E-state index in [2.05, 4.69) is 15.6 Å². The molecule has 0 aromatic heterocycles. The van der Waals surface area contributed by atoms with Gasteiger partial charge in [-0.2, -0.15) is 0 Å². The summed E-state index contributed by atoms with van der Waals surface area (Å²) in [5, 5.41) is 16.5. The van der Waals surface area contributed by atoms with Gasteiger partial charge in [-0.15, -0.1) is 24.0 Å². The monoisotopic (exact) mass is 521 g/mol. The number of aliphatic imine (C=N–C) groups is 1. The van der Waals surface area contributed by atoms with Gasteiger partial charge in [0, 0.05) is 24.7 Å². The number of halogens is 3. The largest absolute Gasteiger partial charge is 0.497 e. The first kappa shape index (κ1) is 24.9. The molecule has 0 aliphatic heterocycles. The first-order valence-corrected chi connectivity index (χ1v) is 8.84. The van der Waals surface area contributed by atoms with E-state index in [0.717, 1.165) is 18.2 Å². The van der Waals surface area contributed by atoms with Gasteiger partial charge >= 0.3 is 0 Å². The highest BCUT2D eigenvalue weighted by Gasteiger charge is 2.12. The van der Waals surface area contributed by atoms with Crippen LogP contribution in [0.15, 0.2) is 41.4 Å². The van der Waals surface area contributed by atoms with Gasteiger partial charge in [0.15, 0.2) is 5.96 Å². The Hall–Kier alpha value is -2.14. The number of aliphatic hydroxyl groups is 1. The summed E-state index contributed by atoms with van der Waals surface area (Å²) in [5.41, 5.74) is 0.756. The van der Waals surface area contributed by atoms with Crippen LogP contribution in [0.4, 0.5) is 8.78 Å². The number of benzene rings is 2. The Morgan fingerprint density at radius 2 is 1.72 bits per heavy atom. The van der Waals surface area contributed by atoms with Crippen LogP contribution in [0.25, 0.3) is 0 Å². The molecule has 0 heterocycles. The van der Waals surface area contributed by atoms with Crippen LogP contribution in [0.5, 0.6) is 11.5 Å². The summed E-state index contributed by atoms with van der Waals surface area (Å²) in [4.78, 5) is 4.25. The van der Waals surface area contributed by atoms with Gasteiger partial charge in [0.25, 0.3) is 0 Å². The number of methoxy groups -OCH3 is 2. The van der Waals surface area contributed by atoms with E-state index >= 15 is 0 Å². The molecule has 9 heteroatoms. The zero-order chi connectivity index (χ0) is 20.5. The number of rotatable bonds is 8. The number of hydrogen-bond acceptors (Lipinski definition) is 4. The fourth-order valence-corrected chi connectivity index (χ4v) is 2.50. The third-order valence-corrected chi connectivity index (χ3v) is 3.98. The maximum atomic E-state index is 13.7. The molecule has 0 aliphatic carbocycles. The molecule has 160 valence electrons. The van der Waals surface area contributed by atoms with Crippen molar-refractivity contribution >= 4 is 29.9 Å². The van der Waals surface area contributed by atoms with Crippen LogP contribution < -0.4 is 20.1 Å². The van der Waals surface area contributed by atoms with Gasteiger partial charge in [0.2, 0.25) is 0 Å². The SMILES string of the molecule is CCNC(=NCc1cc(F)ccc1F)NCC(O)c1cc(OC)cc(OC)c1.I. The normalized spacial score (nSPS) is 12.0. The Morgan fingerprint density at radius 1 is 1.07 bits per heavy atom. The van der Waals surface area contributed by atoms with Crippen molar-refractivity contribution in [3.05, 3.63) is 59.2 Å². The molecule has 0 fully saturated rings. The molecule has 3 N–H and O–H groups in total. The molecule has 0 saturated carbocycles. The van der Waals surface area contributed by atoms with E-state index in [1.165, 1.54) is 14.2 Å². The molecule has 1 atom stereocenters. The number of hydrogen-bond donors (Lipinski definition) is 3. The van der Waals surface area contributed by atoms with Gasteiger partial charge < -0.3 is 25.2 Å². The molecule has 1 unspecified atom stereocenters. The summed E-state index contributed by atoms with van der Waals surface area (Å²) in [6.45, 7) is 2.56. The van der Waals surface area contributed by atoms with Crippen molar-refractivity contribution < 1.29 is 23.4 Å². The summed E-state index contributed by atoms with van der Waals surface area (Å²) < 4.78 is 37.4. The predicted octanol–water partition coefficient (Wildman–Crippen LogP) is 3.39. The molecule has 0 saturated heterocycles. The van der Waals surface area contributed by atoms with Crippen molar-refractivity contribution in [3.63, 3.8) is 0 Å². The lowest BCUT2D eigenvalue weighted by atomic mass is 10.1. The average molecular weight is 521 g/mol. The maximum absolute atomic E-state index is 13.7. The second kappa shape index (κ2) is 12.4. The standard InChI is InChI=1S/C20H25F2N3O3.HI/c1-4-23-20(24-11-14-7-15(21)5-6-18(14)22)25-12-19(26)13-8-16(27-2)10-17(9-13)28-3;/h5-10,19,26H,4,11-12H2,1-3H3,(H2,23,24,25);1H. The van der Waals surface area contributed by atoms with Crippen LogP contribution in [-0.2, 0) is 6.54 Å². The fraction of sp³-hybridized carbons (Fsp3) is 0.350. The zero-order valence-corrected chi connectivity index (χ0v) is 18.9. The molecule has 0 bridgehead atoms. The van der Waals surface area contributed by atoms with Gasteiger partial charge in [-0.05, 0) is 42.8 Å². The molecular weight excluding hydrogens is 495 g/mol. The summed E-state index contributed by atoms with van der Waals surface area (Å²) in [5.74, 6) is 0.461. The minimum atomic E-state index is -0.862. The topological polar surface area (TPSA) is 75.1 Å². The molecule has 2 aromatic rings. The second-order valence-electron chi connectivity index (χ2n) is 5.97. The van der Waals surface area contributed by atoms with Crippen LogP contribution in [0.2, 0.25) is 0 Å². The molecular formula is C20H26F2IN3O3. The number of aliphatic hydroxyl groups excluding tert-OH is 1. The highest BCUT2D eigenvalue weighted by molar-refractivity contribution is 14.0. The maximum Gasteiger partial charge on any atom is 0.191 e. The van der Waals surface area contributed by atoms with E-state index in [9.17, 15) is 13.9 Å². The first-order valence-electron chi connectivity index (χ1n) is 8.84. The molecule has 2 aromatic carbocycles. The minimum absolute atomic E-state index is 0. The van der Waals surface area contributed by atoms with Crippen molar-refractivity contribution in [1.29, 1.82) is 0 Å². The van der Waals surface area contributed by atoms with Gasteiger partial charge in [-0.3, -0.25) is 0 Å². The molecule has 6 nitrogen and oxygen atoms in total. The average Bonchev–Trinajstić information content (AvgIpc) is 2.71. The molecule has 0 spiro atoms. The molecule has 2 rings (SSSR count). The highest BCUT2D eigenvalue weighted by Crippen LogP contribution is 2.26. The summed E-state index contributed by atoms with van der Waals surface area (Å²) in [6.07, 6.45) is -0.862. The van der Waals surface area contributed by atoms with E-state index < -0.39 is 17.7 Å². The van der Waals surface area contributed by atoms with Gasteiger partial charge in [-0.25, -0.2) is 13.8 Å². The van der Waals surface area contributed by atoms with Crippen molar-refractivity contribution in [2.75, 3.05) is 27.3 Å². The van der Waals surface area contributed by atoms with Gasteiger partial charge in [0.05, 0.1) is 26.9 Å². The molecule has 29 heavy (non-hydrogen) atoms. The lowest BCUT2D eigenvalue weighted by molar-refractivity contribution is 0.180. The smallest absolute Gasteiger partial charge is 0.191 e. The zero-order valence-electron chi connectivity index (χ0n) is 16.5. The summed E-state index contributed by atoms with van der Waals surface area (Å²) >= 11 is 0. The van der Waals surface area contributed by atoms with Crippen LogP contribution in [0.1, 0.15) is 24.2 Å². The fourth-order valence-electron chi connectivity index (χ4n) is 2.50. The number of guanidine groups is 1. The van der Waals surface area contributed by atoms with Crippen LogP contribution in [0, 0.1) is 11.6 Å². The van der Waals surface area contributed by atoms with Crippen molar-refractivity contribution in [1.82, 2.24) is 10.6 Å². The number of nitrogens with one attached hydrogen (secondary N) is 2. The number of ether oxygens (including phenoxy) is 2. The summed E-state index contributed by atoms with van der Waals surface area (Å²) in [6, 6.07) is 8.37. The van der Waals surface area contributed by atoms with E-state index in [1.54, 1.807) is 18.2 Å². The van der Waals surface area contributed by atoms with Crippen LogP contribution >= 0.6 is 24.0 Å². The Bertz CT molecular complexity index is 799. The second-order valence-corrected chi connectivity index (χ2v) is 5.97.